The van der Waals surface area contributed by atoms with Crippen LogP contribution in [-0.4, -0.2) is 36.5 Å². The van der Waals surface area contributed by atoms with E-state index in [1.54, 1.807) is 6.07 Å². The van der Waals surface area contributed by atoms with Crippen molar-refractivity contribution < 1.29 is 9.59 Å². The molecule has 1 saturated heterocycles. The fourth-order valence-corrected chi connectivity index (χ4v) is 3.72. The number of amides is 3. The van der Waals surface area contributed by atoms with Gasteiger partial charge in [-0.25, -0.2) is 4.79 Å². The number of urea groups is 1. The Balaban J connectivity index is 1.62. The first-order chi connectivity index (χ1) is 14.5. The summed E-state index contributed by atoms with van der Waals surface area (Å²) < 4.78 is 0. The van der Waals surface area contributed by atoms with Crippen molar-refractivity contribution in [3.05, 3.63) is 64.7 Å². The number of hydrogen-bond acceptors (Lipinski definition) is 3. The normalized spacial score (nSPS) is 14.1. The summed E-state index contributed by atoms with van der Waals surface area (Å²) in [4.78, 5) is 26.9. The van der Waals surface area contributed by atoms with Crippen LogP contribution in [0.1, 0.15) is 59.2 Å². The minimum Gasteiger partial charge on any atom is -0.339 e. The Morgan fingerprint density at radius 1 is 1.13 bits per heavy atom. The smallest absolute Gasteiger partial charge is 0.319 e. The molecule has 1 heterocycles. The van der Waals surface area contributed by atoms with Crippen LogP contribution in [0.25, 0.3) is 0 Å². The molecule has 0 unspecified atom stereocenters. The van der Waals surface area contributed by atoms with E-state index in [0.717, 1.165) is 24.8 Å². The number of benzene rings is 2. The van der Waals surface area contributed by atoms with E-state index in [1.807, 2.05) is 55.1 Å². The van der Waals surface area contributed by atoms with Gasteiger partial charge in [-0.3, -0.25) is 4.79 Å². The van der Waals surface area contributed by atoms with Crippen molar-refractivity contribution in [2.75, 3.05) is 25.0 Å². The fraction of sp³-hybridized carbons (Fsp3) is 0.375. The zero-order valence-corrected chi connectivity index (χ0v) is 17.6. The maximum atomic E-state index is 13.0. The second kappa shape index (κ2) is 9.93. The van der Waals surface area contributed by atoms with E-state index >= 15 is 0 Å². The summed E-state index contributed by atoms with van der Waals surface area (Å²) in [6.45, 7) is 5.90. The van der Waals surface area contributed by atoms with Crippen molar-refractivity contribution in [3.63, 3.8) is 0 Å². The number of nitriles is 1. The number of aryl methyl sites for hydroxylation is 1. The van der Waals surface area contributed by atoms with Gasteiger partial charge in [0.2, 0.25) is 0 Å². The quantitative estimate of drug-likeness (QED) is 0.774. The SMILES string of the molecule is CCCNC(=O)Nc1cc(C(=O)N2CCC(c3ccc(C#N)cc3)CC2)ccc1C. The molecule has 6 heteroatoms. The van der Waals surface area contributed by atoms with Crippen LogP contribution in [0.4, 0.5) is 10.5 Å². The number of anilines is 1. The monoisotopic (exact) mass is 404 g/mol. The molecule has 2 aromatic carbocycles. The highest BCUT2D eigenvalue weighted by Crippen LogP contribution is 2.29. The first kappa shape index (κ1) is 21.4. The van der Waals surface area contributed by atoms with Gasteiger partial charge in [0.25, 0.3) is 5.91 Å². The molecule has 2 N–H and O–H groups in total. The molecular formula is C24H28N4O2. The summed E-state index contributed by atoms with van der Waals surface area (Å²) in [5.41, 5.74) is 4.04. The van der Waals surface area contributed by atoms with Gasteiger partial charge in [-0.2, -0.15) is 5.26 Å². The molecule has 1 aliphatic rings. The van der Waals surface area contributed by atoms with E-state index in [0.29, 0.717) is 42.4 Å². The van der Waals surface area contributed by atoms with Crippen molar-refractivity contribution in [1.29, 1.82) is 5.26 Å². The predicted octanol–water partition coefficient (Wildman–Crippen LogP) is 4.42. The topological polar surface area (TPSA) is 85.2 Å². The molecule has 2 aromatic rings. The second-order valence-electron chi connectivity index (χ2n) is 7.71. The Labute approximate surface area is 177 Å². The lowest BCUT2D eigenvalue weighted by atomic mass is 9.89. The average Bonchev–Trinajstić information content (AvgIpc) is 2.79. The molecule has 6 nitrogen and oxygen atoms in total. The van der Waals surface area contributed by atoms with Crippen LogP contribution in [0.3, 0.4) is 0 Å². The zero-order chi connectivity index (χ0) is 21.5. The Morgan fingerprint density at radius 2 is 1.83 bits per heavy atom. The minimum absolute atomic E-state index is 0.00899. The largest absolute Gasteiger partial charge is 0.339 e. The average molecular weight is 405 g/mol. The van der Waals surface area contributed by atoms with Gasteiger partial charge in [-0.1, -0.05) is 25.1 Å². The zero-order valence-electron chi connectivity index (χ0n) is 17.6. The van der Waals surface area contributed by atoms with Gasteiger partial charge in [-0.15, -0.1) is 0 Å². The van der Waals surface area contributed by atoms with E-state index in [9.17, 15) is 9.59 Å². The Bertz CT molecular complexity index is 939. The Morgan fingerprint density at radius 3 is 2.47 bits per heavy atom. The number of hydrogen-bond donors (Lipinski definition) is 2. The van der Waals surface area contributed by atoms with Crippen molar-refractivity contribution in [3.8, 4) is 6.07 Å². The van der Waals surface area contributed by atoms with E-state index < -0.39 is 0 Å². The van der Waals surface area contributed by atoms with Gasteiger partial charge < -0.3 is 15.5 Å². The predicted molar refractivity (Wildman–Crippen MR) is 118 cm³/mol. The standard InChI is InChI=1S/C24H28N4O2/c1-3-12-26-24(30)27-22-15-21(7-4-17(22)2)23(29)28-13-10-20(11-14-28)19-8-5-18(16-25)6-9-19/h4-9,15,20H,3,10-14H2,1-2H3,(H2,26,27,30). The fourth-order valence-electron chi connectivity index (χ4n) is 3.72. The molecule has 0 bridgehead atoms. The highest BCUT2D eigenvalue weighted by Gasteiger charge is 2.25. The van der Waals surface area contributed by atoms with Crippen molar-refractivity contribution in [1.82, 2.24) is 10.2 Å². The first-order valence-electron chi connectivity index (χ1n) is 10.5. The van der Waals surface area contributed by atoms with Crippen LogP contribution >= 0.6 is 0 Å². The lowest BCUT2D eigenvalue weighted by molar-refractivity contribution is 0.0713. The van der Waals surface area contributed by atoms with Gasteiger partial charge >= 0.3 is 6.03 Å². The highest BCUT2D eigenvalue weighted by atomic mass is 16.2. The lowest BCUT2D eigenvalue weighted by Crippen LogP contribution is -2.38. The molecule has 0 aliphatic carbocycles. The van der Waals surface area contributed by atoms with Gasteiger partial charge in [0, 0.05) is 30.9 Å². The number of likely N-dealkylation sites (tertiary alicyclic amines) is 1. The van der Waals surface area contributed by atoms with Crippen molar-refractivity contribution >= 4 is 17.6 Å². The number of carbonyl (C=O) groups is 2. The minimum atomic E-state index is -0.257. The number of nitrogens with one attached hydrogen (secondary N) is 2. The second-order valence-corrected chi connectivity index (χ2v) is 7.71. The third-order valence-corrected chi connectivity index (χ3v) is 5.56. The third-order valence-electron chi connectivity index (χ3n) is 5.56. The molecule has 3 rings (SSSR count). The molecule has 1 aliphatic heterocycles. The molecule has 0 spiro atoms. The summed E-state index contributed by atoms with van der Waals surface area (Å²) >= 11 is 0. The maximum Gasteiger partial charge on any atom is 0.319 e. The maximum absolute atomic E-state index is 13.0. The Hall–Kier alpha value is -3.33. The molecule has 0 aromatic heterocycles. The van der Waals surface area contributed by atoms with Crippen LogP contribution < -0.4 is 10.6 Å². The molecule has 0 atom stereocenters. The van der Waals surface area contributed by atoms with Crippen LogP contribution in [0.15, 0.2) is 42.5 Å². The van der Waals surface area contributed by atoms with E-state index in [-0.39, 0.29) is 11.9 Å². The van der Waals surface area contributed by atoms with Crippen LogP contribution in [-0.2, 0) is 0 Å². The number of piperidine rings is 1. The number of rotatable bonds is 5. The van der Waals surface area contributed by atoms with Gasteiger partial charge in [-0.05, 0) is 67.5 Å². The molecule has 1 fully saturated rings. The molecule has 3 amide bonds. The summed E-state index contributed by atoms with van der Waals surface area (Å²) in [6, 6.07) is 15.1. The summed E-state index contributed by atoms with van der Waals surface area (Å²) in [6.07, 6.45) is 2.66. The van der Waals surface area contributed by atoms with Crippen molar-refractivity contribution in [2.24, 2.45) is 0 Å². The number of carbonyl (C=O) groups excluding carboxylic acids is 2. The Kier molecular flexibility index (Phi) is 7.08. The molecule has 0 radical (unpaired) electrons. The van der Waals surface area contributed by atoms with Crippen LogP contribution in [0, 0.1) is 18.3 Å². The molecule has 30 heavy (non-hydrogen) atoms. The third kappa shape index (κ3) is 5.18. The van der Waals surface area contributed by atoms with E-state index in [2.05, 4.69) is 16.7 Å². The van der Waals surface area contributed by atoms with Gasteiger partial charge in [0.1, 0.15) is 0 Å². The number of nitrogens with zero attached hydrogens (tertiary/aromatic N) is 2. The highest BCUT2D eigenvalue weighted by molar-refractivity contribution is 5.97. The van der Waals surface area contributed by atoms with Crippen LogP contribution in [0.5, 0.6) is 0 Å². The van der Waals surface area contributed by atoms with Gasteiger partial charge in [0.15, 0.2) is 0 Å². The molecule has 156 valence electrons. The van der Waals surface area contributed by atoms with Crippen molar-refractivity contribution in [2.45, 2.75) is 39.0 Å². The van der Waals surface area contributed by atoms with Crippen LogP contribution in [0.2, 0.25) is 0 Å². The van der Waals surface area contributed by atoms with E-state index in [4.69, 9.17) is 5.26 Å². The molecule has 0 saturated carbocycles. The summed E-state index contributed by atoms with van der Waals surface area (Å²) in [5.74, 6) is 0.393. The van der Waals surface area contributed by atoms with E-state index in [1.165, 1.54) is 5.56 Å². The summed E-state index contributed by atoms with van der Waals surface area (Å²) in [5, 5.41) is 14.6. The summed E-state index contributed by atoms with van der Waals surface area (Å²) in [7, 11) is 0. The molecular weight excluding hydrogens is 376 g/mol. The van der Waals surface area contributed by atoms with Gasteiger partial charge in [0.05, 0.1) is 11.6 Å². The lowest BCUT2D eigenvalue weighted by Gasteiger charge is -2.32. The first-order valence-corrected chi connectivity index (χ1v) is 10.5.